The highest BCUT2D eigenvalue weighted by Crippen LogP contribution is 2.18. The number of benzene rings is 1. The van der Waals surface area contributed by atoms with Crippen LogP contribution < -0.4 is 5.56 Å². The van der Waals surface area contributed by atoms with Crippen LogP contribution in [0.3, 0.4) is 0 Å². The number of aryl methyl sites for hydroxylation is 1. The van der Waals surface area contributed by atoms with E-state index in [1.165, 1.54) is 16.9 Å². The van der Waals surface area contributed by atoms with Gasteiger partial charge in [-0.1, -0.05) is 30.3 Å². The summed E-state index contributed by atoms with van der Waals surface area (Å²) in [6.07, 6.45) is 2.50. The zero-order valence-corrected chi connectivity index (χ0v) is 15.7. The lowest BCUT2D eigenvalue weighted by Gasteiger charge is -2.25. The molecule has 0 N–H and O–H groups in total. The van der Waals surface area contributed by atoms with Gasteiger partial charge in [0.2, 0.25) is 0 Å². The van der Waals surface area contributed by atoms with Crippen molar-refractivity contribution in [1.82, 2.24) is 14.3 Å². The monoisotopic (exact) mass is 369 g/mol. The second-order valence-electron chi connectivity index (χ2n) is 6.87. The molecule has 0 saturated carbocycles. The highest BCUT2D eigenvalue weighted by molar-refractivity contribution is 7.15. The fourth-order valence-corrected chi connectivity index (χ4v) is 4.40. The molecule has 3 aromatic rings. The maximum absolute atomic E-state index is 12.5. The van der Waals surface area contributed by atoms with Crippen molar-refractivity contribution >= 4 is 16.3 Å². The van der Waals surface area contributed by atoms with Crippen LogP contribution in [0.5, 0.6) is 0 Å². The molecule has 0 spiro atoms. The topological polar surface area (TPSA) is 46.8 Å². The number of nitrogens with zero attached hydrogens (tertiary/aromatic N) is 3. The molecule has 1 saturated heterocycles. The van der Waals surface area contributed by atoms with Gasteiger partial charge in [-0.25, -0.2) is 4.98 Å². The van der Waals surface area contributed by atoms with E-state index in [1.54, 1.807) is 10.5 Å². The highest BCUT2D eigenvalue weighted by atomic mass is 32.1. The van der Waals surface area contributed by atoms with Gasteiger partial charge in [-0.3, -0.25) is 14.1 Å². The summed E-state index contributed by atoms with van der Waals surface area (Å²) >= 11 is 1.51. The lowest BCUT2D eigenvalue weighted by atomic mass is 10.1. The molecular weight excluding hydrogens is 346 g/mol. The summed E-state index contributed by atoms with van der Waals surface area (Å²) in [6, 6.07) is 12.1. The molecule has 1 aliphatic rings. The van der Waals surface area contributed by atoms with Gasteiger partial charge < -0.3 is 4.74 Å². The van der Waals surface area contributed by atoms with E-state index in [-0.39, 0.29) is 11.7 Å². The summed E-state index contributed by atoms with van der Waals surface area (Å²) < 4.78 is 7.51. The normalized spacial score (nSPS) is 17.4. The van der Waals surface area contributed by atoms with E-state index in [1.807, 2.05) is 18.4 Å². The van der Waals surface area contributed by atoms with Crippen LogP contribution in [-0.2, 0) is 17.8 Å². The van der Waals surface area contributed by atoms with Crippen LogP contribution in [0.4, 0.5) is 0 Å². The predicted octanol–water partition coefficient (Wildman–Crippen LogP) is 3.25. The van der Waals surface area contributed by atoms with Crippen molar-refractivity contribution in [2.45, 2.75) is 39.0 Å². The summed E-state index contributed by atoms with van der Waals surface area (Å²) in [7, 11) is 0. The molecule has 5 nitrogen and oxygen atoms in total. The Hall–Kier alpha value is -2.02. The molecule has 0 bridgehead atoms. The number of ether oxygens (including phenoxy) is 1. The van der Waals surface area contributed by atoms with Gasteiger partial charge in [-0.2, -0.15) is 0 Å². The van der Waals surface area contributed by atoms with E-state index in [0.29, 0.717) is 6.54 Å². The van der Waals surface area contributed by atoms with Crippen molar-refractivity contribution in [3.63, 3.8) is 0 Å². The van der Waals surface area contributed by atoms with Crippen LogP contribution in [0.2, 0.25) is 0 Å². The lowest BCUT2D eigenvalue weighted by Crippen LogP contribution is -2.32. The molecule has 136 valence electrons. The summed E-state index contributed by atoms with van der Waals surface area (Å²) in [5.41, 5.74) is 3.02. The molecule has 0 amide bonds. The molecule has 2 aromatic heterocycles. The summed E-state index contributed by atoms with van der Waals surface area (Å²) in [5.74, 6) is 0. The Morgan fingerprint density at radius 3 is 2.92 bits per heavy atom. The van der Waals surface area contributed by atoms with Crippen molar-refractivity contribution in [1.29, 1.82) is 0 Å². The Kier molecular flexibility index (Phi) is 5.15. The van der Waals surface area contributed by atoms with Crippen LogP contribution in [0, 0.1) is 6.92 Å². The molecule has 1 atom stereocenters. The number of hydrogen-bond acceptors (Lipinski definition) is 5. The first-order chi connectivity index (χ1) is 12.7. The standard InChI is InChI=1S/C20H23N3O2S/c1-15-14-26-20-21-17(10-19(24)23(15)20)12-22(13-18-8-5-9-25-18)11-16-6-3-2-4-7-16/h2-4,6-7,10,14,18H,5,8-9,11-13H2,1H3. The van der Waals surface area contributed by atoms with Gasteiger partial charge in [-0.15, -0.1) is 11.3 Å². The molecule has 0 radical (unpaired) electrons. The smallest absolute Gasteiger partial charge is 0.259 e. The molecule has 0 aliphatic carbocycles. The van der Waals surface area contributed by atoms with Gasteiger partial charge in [0.25, 0.3) is 5.56 Å². The van der Waals surface area contributed by atoms with Crippen molar-refractivity contribution in [2.75, 3.05) is 13.2 Å². The maximum Gasteiger partial charge on any atom is 0.259 e. The summed E-state index contributed by atoms with van der Waals surface area (Å²) in [4.78, 5) is 20.3. The first kappa shape index (κ1) is 17.4. The number of rotatable bonds is 6. The minimum atomic E-state index is 0.000488. The Balaban J connectivity index is 1.57. The van der Waals surface area contributed by atoms with Crippen LogP contribution in [0.15, 0.2) is 46.6 Å². The molecule has 4 rings (SSSR count). The minimum absolute atomic E-state index is 0.000488. The van der Waals surface area contributed by atoms with Crippen LogP contribution in [-0.4, -0.2) is 33.5 Å². The van der Waals surface area contributed by atoms with Gasteiger partial charge in [0.05, 0.1) is 11.8 Å². The Bertz CT molecular complexity index is 929. The number of thiazole rings is 1. The van der Waals surface area contributed by atoms with Crippen molar-refractivity contribution in [3.8, 4) is 0 Å². The fraction of sp³-hybridized carbons (Fsp3) is 0.400. The summed E-state index contributed by atoms with van der Waals surface area (Å²) in [6.45, 7) is 5.12. The van der Waals surface area contributed by atoms with E-state index in [9.17, 15) is 4.79 Å². The number of aromatic nitrogens is 2. The second kappa shape index (κ2) is 7.70. The highest BCUT2D eigenvalue weighted by Gasteiger charge is 2.20. The molecule has 1 aromatic carbocycles. The zero-order valence-electron chi connectivity index (χ0n) is 14.9. The first-order valence-electron chi connectivity index (χ1n) is 9.04. The Morgan fingerprint density at radius 2 is 2.15 bits per heavy atom. The average molecular weight is 369 g/mol. The van der Waals surface area contributed by atoms with E-state index >= 15 is 0 Å². The average Bonchev–Trinajstić information content (AvgIpc) is 3.26. The largest absolute Gasteiger partial charge is 0.377 e. The van der Waals surface area contributed by atoms with E-state index < -0.39 is 0 Å². The lowest BCUT2D eigenvalue weighted by molar-refractivity contribution is 0.0675. The van der Waals surface area contributed by atoms with Gasteiger partial charge in [0.15, 0.2) is 4.96 Å². The molecule has 26 heavy (non-hydrogen) atoms. The number of hydrogen-bond donors (Lipinski definition) is 0. The summed E-state index contributed by atoms with van der Waals surface area (Å²) in [5, 5.41) is 1.97. The molecule has 1 unspecified atom stereocenters. The third-order valence-corrected chi connectivity index (χ3v) is 5.69. The Morgan fingerprint density at radius 1 is 1.31 bits per heavy atom. The third kappa shape index (κ3) is 3.87. The quantitative estimate of drug-likeness (QED) is 0.669. The maximum atomic E-state index is 12.5. The third-order valence-electron chi connectivity index (χ3n) is 4.75. The van der Waals surface area contributed by atoms with Gasteiger partial charge in [0.1, 0.15) is 0 Å². The van der Waals surface area contributed by atoms with Crippen molar-refractivity contribution in [2.24, 2.45) is 0 Å². The van der Waals surface area contributed by atoms with Gasteiger partial charge in [0, 0.05) is 43.4 Å². The second-order valence-corrected chi connectivity index (χ2v) is 7.71. The minimum Gasteiger partial charge on any atom is -0.377 e. The van der Waals surface area contributed by atoms with Gasteiger partial charge in [-0.05, 0) is 25.3 Å². The van der Waals surface area contributed by atoms with Crippen molar-refractivity contribution in [3.05, 3.63) is 69.1 Å². The van der Waals surface area contributed by atoms with Crippen LogP contribution >= 0.6 is 11.3 Å². The van der Waals surface area contributed by atoms with Crippen LogP contribution in [0.25, 0.3) is 4.96 Å². The molecule has 1 aliphatic heterocycles. The van der Waals surface area contributed by atoms with Crippen molar-refractivity contribution < 1.29 is 4.74 Å². The van der Waals surface area contributed by atoms with Crippen LogP contribution in [0.1, 0.15) is 29.8 Å². The fourth-order valence-electron chi connectivity index (χ4n) is 3.51. The van der Waals surface area contributed by atoms with Gasteiger partial charge >= 0.3 is 0 Å². The number of fused-ring (bicyclic) bond motifs is 1. The van der Waals surface area contributed by atoms with E-state index in [2.05, 4.69) is 29.2 Å². The zero-order chi connectivity index (χ0) is 17.9. The first-order valence-corrected chi connectivity index (χ1v) is 9.92. The SMILES string of the molecule is Cc1csc2nc(CN(Cc3ccccc3)CC3CCCO3)cc(=O)n12. The van der Waals surface area contributed by atoms with E-state index in [0.717, 1.165) is 48.9 Å². The molecular formula is C20H23N3O2S. The molecule has 6 heteroatoms. The predicted molar refractivity (Wildman–Crippen MR) is 104 cm³/mol. The molecule has 1 fully saturated rings. The molecule has 3 heterocycles. The Labute approximate surface area is 156 Å². The van der Waals surface area contributed by atoms with E-state index in [4.69, 9.17) is 9.72 Å².